The highest BCUT2D eigenvalue weighted by atomic mass is 79.9. The van der Waals surface area contributed by atoms with Gasteiger partial charge in [-0.2, -0.15) is 0 Å². The summed E-state index contributed by atoms with van der Waals surface area (Å²) in [6, 6.07) is 3.50. The van der Waals surface area contributed by atoms with Gasteiger partial charge in [-0.25, -0.2) is 0 Å². The predicted octanol–water partition coefficient (Wildman–Crippen LogP) is 2.71. The van der Waals surface area contributed by atoms with Gasteiger partial charge in [-0.1, -0.05) is 20.8 Å². The van der Waals surface area contributed by atoms with Gasteiger partial charge in [-0.15, -0.1) is 0 Å². The number of carbonyl (C=O) groups is 2. The molecule has 2 rings (SSSR count). The summed E-state index contributed by atoms with van der Waals surface area (Å²) < 4.78 is 11.7. The maximum Gasteiger partial charge on any atom is 0.226 e. The number of fused-ring (bicyclic) bond motifs is 1. The number of halogens is 1. The molecule has 0 spiro atoms. The lowest BCUT2D eigenvalue weighted by atomic mass is 9.96. The molecule has 0 atom stereocenters. The molecule has 0 saturated heterocycles. The van der Waals surface area contributed by atoms with Gasteiger partial charge in [0.05, 0.1) is 5.69 Å². The van der Waals surface area contributed by atoms with E-state index < -0.39 is 5.41 Å². The first-order valence-electron chi connectivity index (χ1n) is 7.44. The molecular weight excluding hydrogens is 364 g/mol. The van der Waals surface area contributed by atoms with E-state index in [1.165, 1.54) is 0 Å². The highest BCUT2D eigenvalue weighted by Gasteiger charge is 2.21. The van der Waals surface area contributed by atoms with E-state index in [4.69, 9.17) is 9.47 Å². The molecule has 1 heterocycles. The molecule has 0 radical (unpaired) electrons. The summed E-state index contributed by atoms with van der Waals surface area (Å²) in [5, 5.41) is 5.55. The van der Waals surface area contributed by atoms with E-state index in [1.54, 1.807) is 12.1 Å². The zero-order chi connectivity index (χ0) is 17.0. The third-order valence-electron chi connectivity index (χ3n) is 3.22. The number of hydrogen-bond donors (Lipinski definition) is 2. The summed E-state index contributed by atoms with van der Waals surface area (Å²) in [5.74, 6) is 0.997. The van der Waals surface area contributed by atoms with E-state index in [0.29, 0.717) is 41.4 Å². The smallest absolute Gasteiger partial charge is 0.226 e. The van der Waals surface area contributed by atoms with E-state index in [0.717, 1.165) is 0 Å². The summed E-state index contributed by atoms with van der Waals surface area (Å²) in [4.78, 5) is 23.7. The first-order chi connectivity index (χ1) is 10.8. The Bertz CT molecular complexity index is 611. The minimum atomic E-state index is -0.463. The molecule has 1 aliphatic heterocycles. The van der Waals surface area contributed by atoms with Crippen molar-refractivity contribution in [3.05, 3.63) is 16.6 Å². The number of rotatable bonds is 4. The Morgan fingerprint density at radius 3 is 2.39 bits per heavy atom. The van der Waals surface area contributed by atoms with Crippen LogP contribution in [0, 0.1) is 5.41 Å². The van der Waals surface area contributed by atoms with Crippen LogP contribution in [0.5, 0.6) is 11.5 Å². The van der Waals surface area contributed by atoms with Crippen molar-refractivity contribution in [1.82, 2.24) is 5.32 Å². The highest BCUT2D eigenvalue weighted by molar-refractivity contribution is 9.10. The maximum atomic E-state index is 12.0. The van der Waals surface area contributed by atoms with Crippen LogP contribution in [0.25, 0.3) is 0 Å². The van der Waals surface area contributed by atoms with Crippen molar-refractivity contribution >= 4 is 33.4 Å². The van der Waals surface area contributed by atoms with Gasteiger partial charge in [0.25, 0.3) is 0 Å². The topological polar surface area (TPSA) is 76.7 Å². The van der Waals surface area contributed by atoms with Crippen LogP contribution in [-0.2, 0) is 9.59 Å². The number of hydrogen-bond acceptors (Lipinski definition) is 4. The Hall–Kier alpha value is -1.76. The van der Waals surface area contributed by atoms with Crippen molar-refractivity contribution in [2.75, 3.05) is 25.1 Å². The second-order valence-corrected chi connectivity index (χ2v) is 7.13. The maximum absolute atomic E-state index is 12.0. The van der Waals surface area contributed by atoms with Crippen molar-refractivity contribution < 1.29 is 19.1 Å². The van der Waals surface area contributed by atoms with Crippen LogP contribution >= 0.6 is 15.9 Å². The van der Waals surface area contributed by atoms with Crippen LogP contribution in [0.1, 0.15) is 27.2 Å². The zero-order valence-corrected chi connectivity index (χ0v) is 15.1. The molecule has 0 aliphatic carbocycles. The summed E-state index contributed by atoms with van der Waals surface area (Å²) in [6.45, 7) is 6.78. The molecule has 0 bridgehead atoms. The Kier molecular flexibility index (Phi) is 5.51. The Balaban J connectivity index is 1.89. The number of benzene rings is 1. The SMILES string of the molecule is CC(C)(C)C(=O)NCCC(=O)Nc1cc2c(cc1Br)OCCO2. The van der Waals surface area contributed by atoms with Crippen molar-refractivity contribution in [1.29, 1.82) is 0 Å². The minimum Gasteiger partial charge on any atom is -0.486 e. The van der Waals surface area contributed by atoms with E-state index in [-0.39, 0.29) is 18.2 Å². The van der Waals surface area contributed by atoms with Crippen LogP contribution in [0.15, 0.2) is 16.6 Å². The molecule has 0 unspecified atom stereocenters. The summed E-state index contributed by atoms with van der Waals surface area (Å²) in [6.07, 6.45) is 0.197. The lowest BCUT2D eigenvalue weighted by Crippen LogP contribution is -2.36. The van der Waals surface area contributed by atoms with E-state index in [9.17, 15) is 9.59 Å². The van der Waals surface area contributed by atoms with Gasteiger partial charge in [0.1, 0.15) is 13.2 Å². The molecule has 126 valence electrons. The van der Waals surface area contributed by atoms with Gasteiger partial charge in [0.2, 0.25) is 11.8 Å². The Labute approximate surface area is 144 Å². The van der Waals surface area contributed by atoms with E-state index in [2.05, 4.69) is 26.6 Å². The lowest BCUT2D eigenvalue weighted by Gasteiger charge is -2.20. The van der Waals surface area contributed by atoms with Gasteiger partial charge in [0, 0.05) is 35.0 Å². The fourth-order valence-corrected chi connectivity index (χ4v) is 2.35. The average Bonchev–Trinajstić information content (AvgIpc) is 2.47. The van der Waals surface area contributed by atoms with Gasteiger partial charge >= 0.3 is 0 Å². The van der Waals surface area contributed by atoms with Crippen molar-refractivity contribution in [2.45, 2.75) is 27.2 Å². The molecule has 0 aromatic heterocycles. The average molecular weight is 385 g/mol. The van der Waals surface area contributed by atoms with Crippen molar-refractivity contribution in [3.63, 3.8) is 0 Å². The molecule has 6 nitrogen and oxygen atoms in total. The molecular formula is C16H21BrN2O4. The number of carbonyl (C=O) groups excluding carboxylic acids is 2. The van der Waals surface area contributed by atoms with Gasteiger partial charge in [0.15, 0.2) is 11.5 Å². The monoisotopic (exact) mass is 384 g/mol. The molecule has 0 fully saturated rings. The van der Waals surface area contributed by atoms with Gasteiger partial charge < -0.3 is 20.1 Å². The Morgan fingerprint density at radius 1 is 1.17 bits per heavy atom. The second-order valence-electron chi connectivity index (χ2n) is 6.28. The molecule has 2 amide bonds. The summed E-state index contributed by atoms with van der Waals surface area (Å²) >= 11 is 3.40. The normalized spacial score (nSPS) is 13.4. The van der Waals surface area contributed by atoms with Crippen molar-refractivity contribution in [2.24, 2.45) is 5.41 Å². The molecule has 1 aromatic rings. The quantitative estimate of drug-likeness (QED) is 0.836. The first-order valence-corrected chi connectivity index (χ1v) is 8.24. The first kappa shape index (κ1) is 17.6. The fourth-order valence-electron chi connectivity index (χ4n) is 1.93. The highest BCUT2D eigenvalue weighted by Crippen LogP contribution is 2.38. The van der Waals surface area contributed by atoms with Crippen LogP contribution in [-0.4, -0.2) is 31.6 Å². The third-order valence-corrected chi connectivity index (χ3v) is 3.88. The number of anilines is 1. The molecule has 0 saturated carbocycles. The van der Waals surface area contributed by atoms with Crippen LogP contribution < -0.4 is 20.1 Å². The molecule has 1 aliphatic rings. The number of ether oxygens (including phenoxy) is 2. The second kappa shape index (κ2) is 7.21. The Morgan fingerprint density at radius 2 is 1.78 bits per heavy atom. The minimum absolute atomic E-state index is 0.0780. The van der Waals surface area contributed by atoms with Gasteiger partial charge in [-0.05, 0) is 15.9 Å². The van der Waals surface area contributed by atoms with Crippen LogP contribution in [0.4, 0.5) is 5.69 Å². The molecule has 1 aromatic carbocycles. The summed E-state index contributed by atoms with van der Waals surface area (Å²) in [7, 11) is 0. The third kappa shape index (κ3) is 4.86. The number of amides is 2. The van der Waals surface area contributed by atoms with E-state index in [1.807, 2.05) is 20.8 Å². The van der Waals surface area contributed by atoms with E-state index >= 15 is 0 Å². The number of nitrogens with one attached hydrogen (secondary N) is 2. The molecule has 7 heteroatoms. The lowest BCUT2D eigenvalue weighted by molar-refractivity contribution is -0.128. The molecule has 2 N–H and O–H groups in total. The summed E-state index contributed by atoms with van der Waals surface area (Å²) in [5.41, 5.74) is 0.149. The largest absolute Gasteiger partial charge is 0.486 e. The fraction of sp³-hybridized carbons (Fsp3) is 0.500. The standard InChI is InChI=1S/C16H21BrN2O4/c1-16(2,3)15(21)18-5-4-14(20)19-11-9-13-12(8-10(11)17)22-6-7-23-13/h8-9H,4-7H2,1-3H3,(H,18,21)(H,19,20). The van der Waals surface area contributed by atoms with Crippen LogP contribution in [0.2, 0.25) is 0 Å². The predicted molar refractivity (Wildman–Crippen MR) is 90.8 cm³/mol. The van der Waals surface area contributed by atoms with Gasteiger partial charge in [-0.3, -0.25) is 9.59 Å². The van der Waals surface area contributed by atoms with Crippen molar-refractivity contribution in [3.8, 4) is 11.5 Å². The zero-order valence-electron chi connectivity index (χ0n) is 13.5. The molecule has 23 heavy (non-hydrogen) atoms. The van der Waals surface area contributed by atoms with Crippen LogP contribution in [0.3, 0.4) is 0 Å².